The summed E-state index contributed by atoms with van der Waals surface area (Å²) in [6.07, 6.45) is 4.95. The Bertz CT molecular complexity index is 1400. The first-order valence-corrected chi connectivity index (χ1v) is 11.6. The van der Waals surface area contributed by atoms with Crippen LogP contribution >= 0.6 is 11.8 Å². The molecule has 0 radical (unpaired) electrons. The zero-order valence-corrected chi connectivity index (χ0v) is 19.9. The van der Waals surface area contributed by atoms with Gasteiger partial charge in [0.25, 0.3) is 5.91 Å². The zero-order chi connectivity index (χ0) is 24.4. The molecular weight excluding hydrogens is 462 g/mol. The number of fused-ring (bicyclic) bond motifs is 1. The number of aliphatic imine (C=N–C) groups is 1. The van der Waals surface area contributed by atoms with Gasteiger partial charge in [-0.2, -0.15) is 15.1 Å². The summed E-state index contributed by atoms with van der Waals surface area (Å²) in [5.74, 6) is 0.595. The fourth-order valence-corrected chi connectivity index (χ4v) is 4.40. The van der Waals surface area contributed by atoms with Gasteiger partial charge >= 0.3 is 0 Å². The molecule has 1 N–H and O–H groups in total. The minimum Gasteiger partial charge on any atom is -0.493 e. The highest BCUT2D eigenvalue weighted by atomic mass is 32.2. The van der Waals surface area contributed by atoms with Crippen molar-refractivity contribution >= 4 is 39.8 Å². The topological polar surface area (TPSA) is 100 Å². The van der Waals surface area contributed by atoms with Crippen LogP contribution in [0.2, 0.25) is 0 Å². The average molecular weight is 484 g/mol. The van der Waals surface area contributed by atoms with Crippen LogP contribution in [-0.4, -0.2) is 39.1 Å². The van der Waals surface area contributed by atoms with Crippen molar-refractivity contribution in [1.82, 2.24) is 9.99 Å². The van der Waals surface area contributed by atoms with Gasteiger partial charge in [0.15, 0.2) is 17.3 Å². The molecule has 0 fully saturated rings. The summed E-state index contributed by atoms with van der Waals surface area (Å²) in [7, 11) is 1.56. The standard InChI is InChI=1S/C26H21N5O3S/c1-16-3-5-17(6-4-16)15-34-21-8-7-18(14-22(21)33-2)13-20-23(27)31-26(29-24(20)32)35-25(30-31)19-9-11-28-12-10-19/h3-14,27H,15H2,1-2H3. The van der Waals surface area contributed by atoms with Crippen LogP contribution in [0.1, 0.15) is 22.3 Å². The second kappa shape index (κ2) is 9.55. The minimum absolute atomic E-state index is 0.0322. The van der Waals surface area contributed by atoms with E-state index in [1.165, 1.54) is 22.3 Å². The average Bonchev–Trinajstić information content (AvgIpc) is 3.31. The summed E-state index contributed by atoms with van der Waals surface area (Å²) in [6.45, 7) is 2.45. The van der Waals surface area contributed by atoms with Gasteiger partial charge in [-0.15, -0.1) is 0 Å². The highest BCUT2D eigenvalue weighted by Gasteiger charge is 2.36. The number of nitrogens with one attached hydrogen (secondary N) is 1. The number of methoxy groups -OCH3 is 1. The van der Waals surface area contributed by atoms with Crippen LogP contribution in [0.25, 0.3) is 6.08 Å². The molecule has 35 heavy (non-hydrogen) atoms. The van der Waals surface area contributed by atoms with E-state index < -0.39 is 5.91 Å². The van der Waals surface area contributed by atoms with Gasteiger partial charge in [0.1, 0.15) is 11.7 Å². The maximum absolute atomic E-state index is 12.7. The van der Waals surface area contributed by atoms with Crippen LogP contribution in [0, 0.1) is 12.3 Å². The number of benzene rings is 2. The molecule has 9 heteroatoms. The maximum Gasteiger partial charge on any atom is 0.283 e. The lowest BCUT2D eigenvalue weighted by molar-refractivity contribution is -0.114. The van der Waals surface area contributed by atoms with E-state index in [2.05, 4.69) is 15.1 Å². The van der Waals surface area contributed by atoms with Crippen molar-refractivity contribution in [3.05, 3.63) is 94.8 Å². The van der Waals surface area contributed by atoms with E-state index in [-0.39, 0.29) is 11.4 Å². The summed E-state index contributed by atoms with van der Waals surface area (Å²) in [5, 5.41) is 15.5. The number of pyridine rings is 1. The van der Waals surface area contributed by atoms with Crippen LogP contribution in [-0.2, 0) is 11.4 Å². The molecule has 174 valence electrons. The van der Waals surface area contributed by atoms with Gasteiger partial charge in [0.05, 0.1) is 12.7 Å². The predicted octanol–water partition coefficient (Wildman–Crippen LogP) is 4.65. The number of hydrazone groups is 1. The first-order chi connectivity index (χ1) is 17.0. The van der Waals surface area contributed by atoms with Crippen LogP contribution < -0.4 is 9.47 Å². The number of aromatic nitrogens is 1. The number of ether oxygens (including phenoxy) is 2. The molecule has 2 aliphatic rings. The molecule has 0 atom stereocenters. The molecule has 0 bridgehead atoms. The van der Waals surface area contributed by atoms with Crippen molar-refractivity contribution in [2.45, 2.75) is 13.5 Å². The number of carbonyl (C=O) groups excluding carboxylic acids is 1. The SMILES string of the molecule is COc1cc(C=C2C(=N)N3N=C(c4ccncc4)SC3=NC2=O)ccc1OCc1ccc(C)cc1. The van der Waals surface area contributed by atoms with Crippen LogP contribution in [0.4, 0.5) is 0 Å². The van der Waals surface area contributed by atoms with E-state index in [0.29, 0.717) is 33.9 Å². The first-order valence-electron chi connectivity index (χ1n) is 10.8. The number of nitrogens with zero attached hydrogens (tertiary/aromatic N) is 4. The van der Waals surface area contributed by atoms with Gasteiger partial charge in [-0.05, 0) is 60.2 Å². The molecule has 0 spiro atoms. The first kappa shape index (κ1) is 22.5. The lowest BCUT2D eigenvalue weighted by Crippen LogP contribution is -2.35. The van der Waals surface area contributed by atoms with Crippen molar-refractivity contribution in [2.24, 2.45) is 10.1 Å². The molecule has 8 nitrogen and oxygen atoms in total. The lowest BCUT2D eigenvalue weighted by atomic mass is 10.1. The number of carbonyl (C=O) groups is 1. The molecule has 3 aromatic rings. The second-order valence-corrected chi connectivity index (χ2v) is 8.80. The van der Waals surface area contributed by atoms with E-state index in [1.54, 1.807) is 37.7 Å². The predicted molar refractivity (Wildman–Crippen MR) is 137 cm³/mol. The molecule has 0 aliphatic carbocycles. The molecular formula is C26H21N5O3S. The summed E-state index contributed by atoms with van der Waals surface area (Å²) < 4.78 is 11.4. The van der Waals surface area contributed by atoms with E-state index in [1.807, 2.05) is 49.4 Å². The van der Waals surface area contributed by atoms with Gasteiger partial charge in [-0.25, -0.2) is 0 Å². The molecule has 0 saturated carbocycles. The second-order valence-electron chi connectivity index (χ2n) is 7.85. The fourth-order valence-electron chi connectivity index (χ4n) is 3.51. The number of thioether (sulfide) groups is 1. The van der Waals surface area contributed by atoms with E-state index in [4.69, 9.17) is 14.9 Å². The molecule has 0 saturated heterocycles. The third kappa shape index (κ3) is 4.71. The van der Waals surface area contributed by atoms with Crippen molar-refractivity contribution in [2.75, 3.05) is 7.11 Å². The molecule has 3 heterocycles. The van der Waals surface area contributed by atoms with Crippen molar-refractivity contribution < 1.29 is 14.3 Å². The smallest absolute Gasteiger partial charge is 0.283 e. The lowest BCUT2D eigenvalue weighted by Gasteiger charge is -2.20. The summed E-state index contributed by atoms with van der Waals surface area (Å²) >= 11 is 1.25. The number of rotatable bonds is 6. The van der Waals surface area contributed by atoms with E-state index >= 15 is 0 Å². The number of amidine groups is 2. The Morgan fingerprint density at radius 2 is 1.83 bits per heavy atom. The monoisotopic (exact) mass is 483 g/mol. The van der Waals surface area contributed by atoms with Crippen molar-refractivity contribution in [1.29, 1.82) is 5.41 Å². The number of aryl methyl sites for hydroxylation is 1. The quantitative estimate of drug-likeness (QED) is 0.513. The summed E-state index contributed by atoms with van der Waals surface area (Å²) in [5.41, 5.74) is 3.91. The zero-order valence-electron chi connectivity index (χ0n) is 19.1. The Labute approximate surface area is 206 Å². The van der Waals surface area contributed by atoms with Crippen LogP contribution in [0.5, 0.6) is 11.5 Å². The van der Waals surface area contributed by atoms with Gasteiger partial charge in [0, 0.05) is 18.0 Å². The summed E-state index contributed by atoms with van der Waals surface area (Å²) in [6, 6.07) is 17.1. The van der Waals surface area contributed by atoms with Crippen LogP contribution in [0.15, 0.2) is 82.7 Å². The maximum atomic E-state index is 12.7. The largest absolute Gasteiger partial charge is 0.493 e. The Morgan fingerprint density at radius 3 is 2.57 bits per heavy atom. The van der Waals surface area contributed by atoms with Gasteiger partial charge in [0.2, 0.25) is 5.17 Å². The van der Waals surface area contributed by atoms with Gasteiger partial charge < -0.3 is 9.47 Å². The molecule has 5 rings (SSSR count). The van der Waals surface area contributed by atoms with E-state index in [0.717, 1.165) is 11.1 Å². The van der Waals surface area contributed by atoms with Crippen LogP contribution in [0.3, 0.4) is 0 Å². The molecule has 0 unspecified atom stereocenters. The van der Waals surface area contributed by atoms with E-state index in [9.17, 15) is 4.79 Å². The van der Waals surface area contributed by atoms with Gasteiger partial charge in [-0.3, -0.25) is 15.2 Å². The number of amides is 1. The van der Waals surface area contributed by atoms with Crippen molar-refractivity contribution in [3.63, 3.8) is 0 Å². The number of hydrogen-bond donors (Lipinski definition) is 1. The Balaban J connectivity index is 1.37. The highest BCUT2D eigenvalue weighted by Crippen LogP contribution is 2.33. The molecule has 2 aliphatic heterocycles. The minimum atomic E-state index is -0.487. The normalized spacial score (nSPS) is 16.2. The Hall–Kier alpha value is -4.24. The molecule has 2 aromatic carbocycles. The Morgan fingerprint density at radius 1 is 1.06 bits per heavy atom. The number of hydrogen-bond acceptors (Lipinski definition) is 7. The third-order valence-corrected chi connectivity index (χ3v) is 6.35. The Kier molecular flexibility index (Phi) is 6.15. The van der Waals surface area contributed by atoms with Gasteiger partial charge in [-0.1, -0.05) is 35.9 Å². The summed E-state index contributed by atoms with van der Waals surface area (Å²) in [4.78, 5) is 20.9. The molecule has 1 amide bonds. The fraction of sp³-hybridized carbons (Fsp3) is 0.115. The third-order valence-electron chi connectivity index (χ3n) is 5.40. The molecule has 1 aromatic heterocycles. The van der Waals surface area contributed by atoms with Crippen molar-refractivity contribution in [3.8, 4) is 11.5 Å². The highest BCUT2D eigenvalue weighted by molar-refractivity contribution is 8.27.